The molecule has 1 amide bonds. The molecule has 26 heavy (non-hydrogen) atoms. The lowest BCUT2D eigenvalue weighted by molar-refractivity contribution is -0.895. The number of carbonyl (C=O) groups is 1. The average Bonchev–Trinajstić information content (AvgIpc) is 2.60. The van der Waals surface area contributed by atoms with E-state index >= 15 is 0 Å². The lowest BCUT2D eigenvalue weighted by Gasteiger charge is -2.31. The van der Waals surface area contributed by atoms with E-state index in [0.717, 1.165) is 10.5 Å². The van der Waals surface area contributed by atoms with Crippen molar-refractivity contribution in [3.63, 3.8) is 0 Å². The van der Waals surface area contributed by atoms with E-state index in [1.807, 2.05) is 12.1 Å². The van der Waals surface area contributed by atoms with Crippen molar-refractivity contribution in [1.29, 1.82) is 0 Å². The highest BCUT2D eigenvalue weighted by atomic mass is 32.2. The Morgan fingerprint density at radius 3 is 2.31 bits per heavy atom. The molecule has 0 saturated carbocycles. The third-order valence-electron chi connectivity index (χ3n) is 4.64. The molecule has 0 aromatic heterocycles. The maximum Gasteiger partial charge on any atom is 0.275 e. The second-order valence-corrected chi connectivity index (χ2v) is 9.64. The lowest BCUT2D eigenvalue weighted by atomic mass is 9.87. The van der Waals surface area contributed by atoms with Crippen LogP contribution in [0.1, 0.15) is 26.3 Å². The number of rotatable bonds is 6. The minimum absolute atomic E-state index is 0.0105. The fourth-order valence-electron chi connectivity index (χ4n) is 2.97. The van der Waals surface area contributed by atoms with Gasteiger partial charge >= 0.3 is 0 Å². The Balaban J connectivity index is 1.97. The zero-order valence-electron chi connectivity index (χ0n) is 15.9. The topological polar surface area (TPSA) is 70.9 Å². The number of carbonyl (C=O) groups excluding carboxylic acids is 1. The first kappa shape index (κ1) is 20.6. The molecule has 0 aliphatic carbocycles. The van der Waals surface area contributed by atoms with Gasteiger partial charge in [-0.25, -0.2) is 8.42 Å². The van der Waals surface area contributed by atoms with Gasteiger partial charge in [0.25, 0.3) is 5.91 Å². The minimum atomic E-state index is -3.48. The summed E-state index contributed by atoms with van der Waals surface area (Å²) in [4.78, 5) is 13.2. The summed E-state index contributed by atoms with van der Waals surface area (Å²) in [5.74, 6) is -0.0334. The van der Waals surface area contributed by atoms with Crippen molar-refractivity contribution < 1.29 is 18.1 Å². The van der Waals surface area contributed by atoms with Gasteiger partial charge in [-0.2, -0.15) is 4.31 Å². The molecule has 0 atom stereocenters. The van der Waals surface area contributed by atoms with Crippen LogP contribution in [0.2, 0.25) is 0 Å². The minimum Gasteiger partial charge on any atom is -0.348 e. The van der Waals surface area contributed by atoms with Gasteiger partial charge in [-0.05, 0) is 23.1 Å². The molecular formula is C19H30N3O3S+. The Morgan fingerprint density at radius 1 is 1.23 bits per heavy atom. The van der Waals surface area contributed by atoms with Crippen LogP contribution in [0.25, 0.3) is 0 Å². The van der Waals surface area contributed by atoms with Gasteiger partial charge in [0.05, 0.1) is 31.1 Å². The van der Waals surface area contributed by atoms with Crippen molar-refractivity contribution in [1.82, 2.24) is 9.62 Å². The summed E-state index contributed by atoms with van der Waals surface area (Å²) < 4.78 is 27.2. The molecule has 1 aliphatic rings. The van der Waals surface area contributed by atoms with Crippen LogP contribution in [0.5, 0.6) is 0 Å². The van der Waals surface area contributed by atoms with E-state index in [-0.39, 0.29) is 11.3 Å². The number of benzene rings is 1. The highest BCUT2D eigenvalue weighted by Crippen LogP contribution is 2.24. The molecule has 2 rings (SSSR count). The van der Waals surface area contributed by atoms with Gasteiger partial charge in [-0.3, -0.25) is 4.79 Å². The monoisotopic (exact) mass is 380 g/mol. The first-order chi connectivity index (χ1) is 12.1. The summed E-state index contributed by atoms with van der Waals surface area (Å²) >= 11 is 0. The molecule has 0 radical (unpaired) electrons. The zero-order valence-corrected chi connectivity index (χ0v) is 16.7. The Hall–Kier alpha value is -1.70. The molecule has 6 nitrogen and oxygen atoms in total. The molecule has 1 aromatic carbocycles. The summed E-state index contributed by atoms with van der Waals surface area (Å²) in [7, 11) is -3.48. The number of quaternary nitrogens is 1. The Morgan fingerprint density at radius 2 is 1.81 bits per heavy atom. The largest absolute Gasteiger partial charge is 0.348 e. The fraction of sp³-hybridized carbons (Fsp3) is 0.526. The molecular weight excluding hydrogens is 350 g/mol. The van der Waals surface area contributed by atoms with E-state index in [1.54, 1.807) is 18.2 Å². The molecule has 0 unspecified atom stereocenters. The normalized spacial score (nSPS) is 17.0. The highest BCUT2D eigenvalue weighted by molar-refractivity contribution is 7.89. The summed E-state index contributed by atoms with van der Waals surface area (Å²) in [5.41, 5.74) is 1.10. The first-order valence-corrected chi connectivity index (χ1v) is 10.4. The Bertz CT molecular complexity index is 728. The van der Waals surface area contributed by atoms with E-state index in [9.17, 15) is 13.2 Å². The number of nitrogens with zero attached hydrogens (tertiary/aromatic N) is 1. The van der Waals surface area contributed by atoms with Crippen LogP contribution in [0.3, 0.4) is 0 Å². The van der Waals surface area contributed by atoms with Crippen LogP contribution in [0.15, 0.2) is 41.8 Å². The van der Waals surface area contributed by atoms with Gasteiger partial charge in [-0.1, -0.05) is 39.0 Å². The summed E-state index contributed by atoms with van der Waals surface area (Å²) in [6.45, 7) is 12.8. The summed E-state index contributed by atoms with van der Waals surface area (Å²) in [6.07, 6.45) is 1.64. The van der Waals surface area contributed by atoms with Gasteiger partial charge in [0, 0.05) is 6.54 Å². The number of amides is 1. The predicted molar refractivity (Wildman–Crippen MR) is 103 cm³/mol. The van der Waals surface area contributed by atoms with Crippen molar-refractivity contribution in [3.8, 4) is 0 Å². The molecule has 2 N–H and O–H groups in total. The molecule has 1 saturated heterocycles. The van der Waals surface area contributed by atoms with Crippen LogP contribution in [0.4, 0.5) is 0 Å². The van der Waals surface area contributed by atoms with E-state index in [2.05, 4.69) is 32.7 Å². The molecule has 1 aromatic rings. The third-order valence-corrected chi connectivity index (χ3v) is 6.55. The second kappa shape index (κ2) is 8.33. The number of sulfonamides is 1. The van der Waals surface area contributed by atoms with Crippen LogP contribution in [-0.4, -0.2) is 57.9 Å². The number of nitrogens with one attached hydrogen (secondary N) is 2. The smallest absolute Gasteiger partial charge is 0.275 e. The summed E-state index contributed by atoms with van der Waals surface area (Å²) in [6, 6.07) is 7.16. The van der Waals surface area contributed by atoms with Crippen LogP contribution < -0.4 is 10.2 Å². The average molecular weight is 381 g/mol. The molecule has 1 heterocycles. The summed E-state index contributed by atoms with van der Waals surface area (Å²) in [5, 5.41) is 2.75. The first-order valence-electron chi connectivity index (χ1n) is 8.96. The number of hydrogen-bond donors (Lipinski definition) is 2. The van der Waals surface area contributed by atoms with Crippen molar-refractivity contribution in [2.75, 3.05) is 39.3 Å². The van der Waals surface area contributed by atoms with Crippen LogP contribution in [0, 0.1) is 0 Å². The van der Waals surface area contributed by atoms with Gasteiger partial charge < -0.3 is 10.2 Å². The second-order valence-electron chi connectivity index (χ2n) is 7.70. The van der Waals surface area contributed by atoms with E-state index in [1.165, 1.54) is 4.31 Å². The third kappa shape index (κ3) is 5.16. The highest BCUT2D eigenvalue weighted by Gasteiger charge is 2.31. The number of hydrogen-bond acceptors (Lipinski definition) is 3. The molecule has 0 bridgehead atoms. The van der Waals surface area contributed by atoms with Gasteiger partial charge in [0.2, 0.25) is 10.0 Å². The lowest BCUT2D eigenvalue weighted by Crippen LogP contribution is -3.15. The molecule has 7 heteroatoms. The predicted octanol–water partition coefficient (Wildman–Crippen LogP) is 0.176. The molecule has 144 valence electrons. The van der Waals surface area contributed by atoms with Crippen molar-refractivity contribution in [3.05, 3.63) is 42.5 Å². The molecule has 1 fully saturated rings. The van der Waals surface area contributed by atoms with Gasteiger partial charge in [0.15, 0.2) is 6.54 Å². The fourth-order valence-corrected chi connectivity index (χ4v) is 4.41. The maximum atomic E-state index is 12.8. The standard InChI is InChI=1S/C19H29N3O3S/c1-5-10-20-18(23)15-21-11-13-22(14-12-21)26(24,25)17-8-6-16(7-9-17)19(2,3)4/h5-9H,1,10-15H2,2-4H3,(H,20,23)/p+1. The van der Waals surface area contributed by atoms with Crippen molar-refractivity contribution in [2.45, 2.75) is 31.1 Å². The Kier molecular flexibility index (Phi) is 6.60. The van der Waals surface area contributed by atoms with Gasteiger partial charge in [-0.15, -0.1) is 6.58 Å². The number of piperazine rings is 1. The van der Waals surface area contributed by atoms with Crippen LogP contribution in [-0.2, 0) is 20.2 Å². The van der Waals surface area contributed by atoms with Gasteiger partial charge in [0.1, 0.15) is 0 Å². The van der Waals surface area contributed by atoms with Crippen molar-refractivity contribution in [2.24, 2.45) is 0 Å². The molecule has 1 aliphatic heterocycles. The van der Waals surface area contributed by atoms with Crippen molar-refractivity contribution >= 4 is 15.9 Å². The maximum absolute atomic E-state index is 12.8. The quantitative estimate of drug-likeness (QED) is 0.692. The molecule has 0 spiro atoms. The Labute approximate surface area is 156 Å². The van der Waals surface area contributed by atoms with E-state index in [4.69, 9.17) is 0 Å². The van der Waals surface area contributed by atoms with Crippen LogP contribution >= 0.6 is 0 Å². The SMILES string of the molecule is C=CCNC(=O)C[NH+]1CCN(S(=O)(=O)c2ccc(C(C)(C)C)cc2)CC1. The van der Waals surface area contributed by atoms with E-state index < -0.39 is 10.0 Å². The zero-order chi connectivity index (χ0) is 19.4. The van der Waals surface area contributed by atoms with E-state index in [0.29, 0.717) is 44.2 Å².